The molecular formula is C25H29NO4. The number of nitrogens with zero attached hydrogens (tertiary/aromatic N) is 1. The summed E-state index contributed by atoms with van der Waals surface area (Å²) < 4.78 is 11.2. The van der Waals surface area contributed by atoms with Crippen molar-refractivity contribution in [3.63, 3.8) is 0 Å². The first-order valence-corrected chi connectivity index (χ1v) is 10.2. The van der Waals surface area contributed by atoms with Gasteiger partial charge in [-0.25, -0.2) is 0 Å². The second kappa shape index (κ2) is 7.40. The third kappa shape index (κ3) is 2.88. The van der Waals surface area contributed by atoms with Crippen LogP contribution < -0.4 is 9.47 Å². The SMILES string of the molecule is COc1cccc2c(-c3c(O)cc4c(c3O)C(C)N(C)C(C)C4)c(C)cc(OC)c12. The van der Waals surface area contributed by atoms with Crippen molar-refractivity contribution in [2.24, 2.45) is 0 Å². The molecule has 1 aliphatic heterocycles. The van der Waals surface area contributed by atoms with Crippen molar-refractivity contribution < 1.29 is 19.7 Å². The summed E-state index contributed by atoms with van der Waals surface area (Å²) in [5.41, 5.74) is 4.04. The van der Waals surface area contributed by atoms with E-state index in [1.165, 1.54) is 0 Å². The van der Waals surface area contributed by atoms with Crippen molar-refractivity contribution in [3.05, 3.63) is 47.0 Å². The van der Waals surface area contributed by atoms with Crippen molar-refractivity contribution >= 4 is 10.8 Å². The average Bonchev–Trinajstić information content (AvgIpc) is 2.72. The van der Waals surface area contributed by atoms with E-state index in [2.05, 4.69) is 25.8 Å². The first-order chi connectivity index (χ1) is 14.3. The van der Waals surface area contributed by atoms with E-state index in [1.807, 2.05) is 37.3 Å². The number of likely N-dealkylation sites (N-methyl/N-ethyl adjacent to an activating group) is 1. The lowest BCUT2D eigenvalue weighted by atomic mass is 9.84. The number of phenolic OH excluding ortho intramolecular Hbond substituents is 2. The number of aromatic hydroxyl groups is 2. The highest BCUT2D eigenvalue weighted by molar-refractivity contribution is 6.06. The van der Waals surface area contributed by atoms with Crippen LogP contribution in [0, 0.1) is 6.92 Å². The zero-order valence-electron chi connectivity index (χ0n) is 18.4. The van der Waals surface area contributed by atoms with Crippen molar-refractivity contribution in [1.29, 1.82) is 0 Å². The lowest BCUT2D eigenvalue weighted by molar-refractivity contribution is 0.176. The average molecular weight is 408 g/mol. The van der Waals surface area contributed by atoms with Gasteiger partial charge in [0.25, 0.3) is 0 Å². The van der Waals surface area contributed by atoms with E-state index in [-0.39, 0.29) is 17.5 Å². The van der Waals surface area contributed by atoms with Crippen LogP contribution in [0.25, 0.3) is 21.9 Å². The summed E-state index contributed by atoms with van der Waals surface area (Å²) in [7, 11) is 5.33. The lowest BCUT2D eigenvalue weighted by Gasteiger charge is -2.38. The molecular weight excluding hydrogens is 378 g/mol. The molecule has 0 saturated heterocycles. The molecule has 0 amide bonds. The van der Waals surface area contributed by atoms with Crippen LogP contribution in [0.1, 0.15) is 36.6 Å². The Morgan fingerprint density at radius 2 is 1.70 bits per heavy atom. The highest BCUT2D eigenvalue weighted by Crippen LogP contribution is 2.51. The van der Waals surface area contributed by atoms with Crippen LogP contribution in [0.15, 0.2) is 30.3 Å². The Morgan fingerprint density at radius 1 is 1.00 bits per heavy atom. The summed E-state index contributed by atoms with van der Waals surface area (Å²) in [4.78, 5) is 2.25. The third-order valence-electron chi connectivity index (χ3n) is 6.62. The minimum atomic E-state index is 0.0439. The molecule has 2 atom stereocenters. The standard InChI is InChI=1S/C25H29NO4/c1-13-10-20(30-6)23-17(8-7-9-19(23)29-5)21(13)24-18(27)12-16-11-14(2)26(4)15(3)22(16)25(24)28/h7-10,12,14-15,27-28H,11H2,1-6H3. The van der Waals surface area contributed by atoms with E-state index in [0.29, 0.717) is 23.1 Å². The second-order valence-corrected chi connectivity index (χ2v) is 8.24. The van der Waals surface area contributed by atoms with Gasteiger partial charge < -0.3 is 19.7 Å². The molecule has 2 N–H and O–H groups in total. The molecule has 0 bridgehead atoms. The normalized spacial score (nSPS) is 19.0. The molecule has 0 aromatic heterocycles. The molecule has 1 heterocycles. The van der Waals surface area contributed by atoms with Crippen LogP contribution >= 0.6 is 0 Å². The minimum absolute atomic E-state index is 0.0439. The molecule has 3 aromatic rings. The molecule has 2 unspecified atom stereocenters. The van der Waals surface area contributed by atoms with Gasteiger partial charge >= 0.3 is 0 Å². The number of aryl methyl sites for hydroxylation is 1. The molecule has 5 nitrogen and oxygen atoms in total. The zero-order valence-corrected chi connectivity index (χ0v) is 18.4. The summed E-state index contributed by atoms with van der Waals surface area (Å²) in [5, 5.41) is 24.2. The predicted molar refractivity (Wildman–Crippen MR) is 120 cm³/mol. The molecule has 0 fully saturated rings. The maximum absolute atomic E-state index is 11.4. The monoisotopic (exact) mass is 407 g/mol. The molecule has 0 spiro atoms. The van der Waals surface area contributed by atoms with E-state index < -0.39 is 0 Å². The second-order valence-electron chi connectivity index (χ2n) is 8.24. The molecule has 30 heavy (non-hydrogen) atoms. The van der Waals surface area contributed by atoms with Crippen LogP contribution in [-0.4, -0.2) is 42.4 Å². The van der Waals surface area contributed by atoms with Crippen molar-refractivity contribution in [1.82, 2.24) is 4.90 Å². The summed E-state index contributed by atoms with van der Waals surface area (Å²) in [5.74, 6) is 1.62. The van der Waals surface area contributed by atoms with Gasteiger partial charge in [0.15, 0.2) is 0 Å². The smallest absolute Gasteiger partial charge is 0.132 e. The summed E-state index contributed by atoms with van der Waals surface area (Å²) in [6, 6.07) is 9.89. The van der Waals surface area contributed by atoms with Gasteiger partial charge in [0, 0.05) is 23.2 Å². The van der Waals surface area contributed by atoms with Gasteiger partial charge in [-0.05, 0) is 69.0 Å². The lowest BCUT2D eigenvalue weighted by Crippen LogP contribution is -2.38. The maximum Gasteiger partial charge on any atom is 0.132 e. The molecule has 0 saturated carbocycles. The van der Waals surface area contributed by atoms with E-state index in [0.717, 1.165) is 39.4 Å². The topological polar surface area (TPSA) is 62.2 Å². The van der Waals surface area contributed by atoms with Gasteiger partial charge in [-0.15, -0.1) is 0 Å². The molecule has 0 radical (unpaired) electrons. The number of ether oxygens (including phenoxy) is 2. The number of methoxy groups -OCH3 is 2. The van der Waals surface area contributed by atoms with Crippen molar-refractivity contribution in [2.45, 2.75) is 39.3 Å². The van der Waals surface area contributed by atoms with E-state index >= 15 is 0 Å². The van der Waals surface area contributed by atoms with E-state index in [4.69, 9.17) is 9.47 Å². The number of fused-ring (bicyclic) bond motifs is 2. The zero-order chi connectivity index (χ0) is 21.7. The Balaban J connectivity index is 2.09. The van der Waals surface area contributed by atoms with Gasteiger partial charge in [0.2, 0.25) is 0 Å². The van der Waals surface area contributed by atoms with Gasteiger partial charge in [-0.1, -0.05) is 12.1 Å². The van der Waals surface area contributed by atoms with Crippen LogP contribution in [0.5, 0.6) is 23.0 Å². The minimum Gasteiger partial charge on any atom is -0.507 e. The van der Waals surface area contributed by atoms with Gasteiger partial charge in [0.1, 0.15) is 23.0 Å². The molecule has 1 aliphatic rings. The van der Waals surface area contributed by atoms with Gasteiger partial charge in [0.05, 0.1) is 25.2 Å². The van der Waals surface area contributed by atoms with E-state index in [9.17, 15) is 10.2 Å². The van der Waals surface area contributed by atoms with Crippen molar-refractivity contribution in [3.8, 4) is 34.1 Å². The van der Waals surface area contributed by atoms with Crippen molar-refractivity contribution in [2.75, 3.05) is 21.3 Å². The number of hydrogen-bond donors (Lipinski definition) is 2. The fourth-order valence-electron chi connectivity index (χ4n) is 4.86. The highest BCUT2D eigenvalue weighted by atomic mass is 16.5. The molecule has 3 aromatic carbocycles. The quantitative estimate of drug-likeness (QED) is 0.626. The summed E-state index contributed by atoms with van der Waals surface area (Å²) in [6.45, 7) is 6.22. The van der Waals surface area contributed by atoms with Gasteiger partial charge in [-0.3, -0.25) is 4.90 Å². The summed E-state index contributed by atoms with van der Waals surface area (Å²) >= 11 is 0. The fraction of sp³-hybridized carbons (Fsp3) is 0.360. The molecule has 158 valence electrons. The largest absolute Gasteiger partial charge is 0.507 e. The van der Waals surface area contributed by atoms with Crippen LogP contribution in [0.3, 0.4) is 0 Å². The van der Waals surface area contributed by atoms with E-state index in [1.54, 1.807) is 14.2 Å². The van der Waals surface area contributed by atoms with Crippen LogP contribution in [-0.2, 0) is 6.42 Å². The Labute approximate surface area is 177 Å². The first kappa shape index (κ1) is 20.4. The Kier molecular flexibility index (Phi) is 5.02. The third-order valence-corrected chi connectivity index (χ3v) is 6.62. The van der Waals surface area contributed by atoms with Gasteiger partial charge in [-0.2, -0.15) is 0 Å². The molecule has 4 rings (SSSR count). The Bertz CT molecular complexity index is 1140. The fourth-order valence-corrected chi connectivity index (χ4v) is 4.86. The Hall–Kier alpha value is -2.92. The maximum atomic E-state index is 11.4. The molecule has 5 heteroatoms. The number of phenols is 2. The Morgan fingerprint density at radius 3 is 2.37 bits per heavy atom. The first-order valence-electron chi connectivity index (χ1n) is 10.2. The number of rotatable bonds is 3. The van der Waals surface area contributed by atoms with Crippen LogP contribution in [0.4, 0.5) is 0 Å². The highest BCUT2D eigenvalue weighted by Gasteiger charge is 2.32. The molecule has 0 aliphatic carbocycles. The summed E-state index contributed by atoms with van der Waals surface area (Å²) in [6.07, 6.45) is 0.785. The predicted octanol–water partition coefficient (Wildman–Crippen LogP) is 5.18. The number of hydrogen-bond acceptors (Lipinski definition) is 5. The van der Waals surface area contributed by atoms with Crippen LogP contribution in [0.2, 0.25) is 0 Å². The number of benzene rings is 3.